The first-order chi connectivity index (χ1) is 11.9. The second kappa shape index (κ2) is 7.30. The molecule has 144 valence electrons. The van der Waals surface area contributed by atoms with Crippen LogP contribution in [0.2, 0.25) is 0 Å². The Bertz CT molecular complexity index is 763. The summed E-state index contributed by atoms with van der Waals surface area (Å²) in [7, 11) is 0. The predicted octanol–water partition coefficient (Wildman–Crippen LogP) is 4.27. The molecule has 0 spiro atoms. The molecular formula is C17H19F3O5S. The summed E-state index contributed by atoms with van der Waals surface area (Å²) in [5.74, 6) is -0.221. The standard InChI is InChI=1S/C17H19F3O5S/c1-10-8-11-12(25-26(22)17(18,19)20)6-5-7-23-14(11)9-13(10)24-15(21)16(2,3)4/h6,8-9H,5,7H2,1-4H3. The van der Waals surface area contributed by atoms with Crippen LogP contribution in [0.5, 0.6) is 11.5 Å². The number of hydrogen-bond donors (Lipinski definition) is 0. The van der Waals surface area contributed by atoms with Gasteiger partial charge in [0.05, 0.1) is 17.6 Å². The predicted molar refractivity (Wildman–Crippen MR) is 89.6 cm³/mol. The fraction of sp³-hybridized carbons (Fsp3) is 0.471. The second-order valence-electron chi connectivity index (χ2n) is 6.72. The Hall–Kier alpha value is -2.03. The molecular weight excluding hydrogens is 373 g/mol. The van der Waals surface area contributed by atoms with Gasteiger partial charge in [-0.2, -0.15) is 13.2 Å². The summed E-state index contributed by atoms with van der Waals surface area (Å²) >= 11 is -3.49. The van der Waals surface area contributed by atoms with Gasteiger partial charge in [-0.15, -0.1) is 0 Å². The largest absolute Gasteiger partial charge is 0.508 e. The number of esters is 1. The highest BCUT2D eigenvalue weighted by Crippen LogP contribution is 2.38. The molecule has 2 rings (SSSR count). The van der Waals surface area contributed by atoms with Crippen LogP contribution in [0.25, 0.3) is 5.76 Å². The average Bonchev–Trinajstić information content (AvgIpc) is 2.68. The lowest BCUT2D eigenvalue weighted by molar-refractivity contribution is -0.143. The Morgan fingerprint density at radius 3 is 2.46 bits per heavy atom. The molecule has 0 aromatic heterocycles. The van der Waals surface area contributed by atoms with Gasteiger partial charge in [0.25, 0.3) is 0 Å². The van der Waals surface area contributed by atoms with Crippen LogP contribution in [0.3, 0.4) is 0 Å². The first kappa shape index (κ1) is 20.3. The van der Waals surface area contributed by atoms with E-state index in [1.54, 1.807) is 27.7 Å². The smallest absolute Gasteiger partial charge is 0.492 e. The lowest BCUT2D eigenvalue weighted by Gasteiger charge is -2.19. The molecule has 0 radical (unpaired) electrons. The highest BCUT2D eigenvalue weighted by atomic mass is 32.2. The fourth-order valence-corrected chi connectivity index (χ4v) is 2.44. The van der Waals surface area contributed by atoms with E-state index in [-0.39, 0.29) is 35.8 Å². The Labute approximate surface area is 151 Å². The number of hydrogen-bond acceptors (Lipinski definition) is 5. The van der Waals surface area contributed by atoms with Crippen LogP contribution in [0.15, 0.2) is 18.2 Å². The zero-order valence-corrected chi connectivity index (χ0v) is 15.5. The van der Waals surface area contributed by atoms with Gasteiger partial charge in [0.1, 0.15) is 17.3 Å². The Morgan fingerprint density at radius 2 is 1.88 bits per heavy atom. The molecule has 1 aliphatic heterocycles. The third kappa shape index (κ3) is 4.78. The molecule has 1 heterocycles. The number of carbonyl (C=O) groups excluding carboxylic acids is 1. The van der Waals surface area contributed by atoms with Crippen molar-refractivity contribution in [2.45, 2.75) is 39.6 Å². The van der Waals surface area contributed by atoms with E-state index in [1.807, 2.05) is 0 Å². The van der Waals surface area contributed by atoms with Crippen molar-refractivity contribution in [3.05, 3.63) is 29.3 Å². The molecule has 0 saturated heterocycles. The van der Waals surface area contributed by atoms with Crippen molar-refractivity contribution >= 4 is 22.8 Å². The zero-order chi connectivity index (χ0) is 19.7. The van der Waals surface area contributed by atoms with E-state index in [1.165, 1.54) is 18.2 Å². The summed E-state index contributed by atoms with van der Waals surface area (Å²) in [6, 6.07) is 2.90. The van der Waals surface area contributed by atoms with Gasteiger partial charge in [0.15, 0.2) is 0 Å². The van der Waals surface area contributed by atoms with Crippen LogP contribution >= 0.6 is 0 Å². The number of benzene rings is 1. The van der Waals surface area contributed by atoms with Gasteiger partial charge in [0, 0.05) is 12.5 Å². The minimum Gasteiger partial charge on any atom is -0.492 e. The molecule has 26 heavy (non-hydrogen) atoms. The van der Waals surface area contributed by atoms with Crippen molar-refractivity contribution < 1.29 is 35.8 Å². The SMILES string of the molecule is Cc1cc2c(cc1OC(=O)C(C)(C)C)OCCC=C2OS(=O)C(F)(F)F. The minimum atomic E-state index is -4.99. The van der Waals surface area contributed by atoms with Crippen molar-refractivity contribution in [2.75, 3.05) is 6.61 Å². The van der Waals surface area contributed by atoms with Gasteiger partial charge in [-0.1, -0.05) is 0 Å². The lowest BCUT2D eigenvalue weighted by atomic mass is 9.97. The van der Waals surface area contributed by atoms with Crippen LogP contribution in [-0.2, 0) is 20.1 Å². The third-order valence-electron chi connectivity index (χ3n) is 3.42. The lowest BCUT2D eigenvalue weighted by Crippen LogP contribution is -2.25. The van der Waals surface area contributed by atoms with E-state index in [0.29, 0.717) is 5.56 Å². The maximum atomic E-state index is 12.5. The van der Waals surface area contributed by atoms with Gasteiger partial charge in [-0.05, 0) is 45.4 Å². The molecule has 0 bridgehead atoms. The molecule has 0 N–H and O–H groups in total. The molecule has 1 atom stereocenters. The molecule has 0 fully saturated rings. The van der Waals surface area contributed by atoms with Crippen LogP contribution < -0.4 is 9.47 Å². The monoisotopic (exact) mass is 392 g/mol. The molecule has 0 amide bonds. The van der Waals surface area contributed by atoms with Crippen LogP contribution in [0, 0.1) is 12.3 Å². The van der Waals surface area contributed by atoms with Crippen molar-refractivity contribution in [1.29, 1.82) is 0 Å². The number of carbonyl (C=O) groups is 1. The van der Waals surface area contributed by atoms with E-state index in [9.17, 15) is 22.2 Å². The van der Waals surface area contributed by atoms with E-state index >= 15 is 0 Å². The summed E-state index contributed by atoms with van der Waals surface area (Å²) in [5, 5.41) is 0. The first-order valence-corrected chi connectivity index (χ1v) is 8.84. The highest BCUT2D eigenvalue weighted by Gasteiger charge is 2.41. The molecule has 5 nitrogen and oxygen atoms in total. The van der Waals surface area contributed by atoms with Crippen LogP contribution in [-0.4, -0.2) is 22.3 Å². The molecule has 1 unspecified atom stereocenters. The quantitative estimate of drug-likeness (QED) is 0.568. The van der Waals surface area contributed by atoms with Crippen LogP contribution in [0.1, 0.15) is 38.3 Å². The van der Waals surface area contributed by atoms with E-state index < -0.39 is 28.0 Å². The summed E-state index contributed by atoms with van der Waals surface area (Å²) in [5.41, 5.74) is -5.00. The molecule has 0 saturated carbocycles. The number of ether oxygens (including phenoxy) is 2. The molecule has 1 aliphatic rings. The van der Waals surface area contributed by atoms with Crippen LogP contribution in [0.4, 0.5) is 13.2 Å². The van der Waals surface area contributed by atoms with Crippen molar-refractivity contribution in [3.63, 3.8) is 0 Å². The molecule has 0 aliphatic carbocycles. The summed E-state index contributed by atoms with van der Waals surface area (Å²) in [6.07, 6.45) is 1.66. The van der Waals surface area contributed by atoms with E-state index in [4.69, 9.17) is 9.47 Å². The Kier molecular flexibility index (Phi) is 5.70. The minimum absolute atomic E-state index is 0.189. The number of alkyl halides is 3. The third-order valence-corrected chi connectivity index (χ3v) is 4.13. The molecule has 9 heteroatoms. The van der Waals surface area contributed by atoms with Gasteiger partial charge in [0.2, 0.25) is 0 Å². The number of rotatable bonds is 3. The summed E-state index contributed by atoms with van der Waals surface area (Å²) in [6.45, 7) is 6.92. The number of aryl methyl sites for hydroxylation is 1. The normalized spacial score (nSPS) is 15.9. The maximum absolute atomic E-state index is 12.5. The average molecular weight is 392 g/mol. The van der Waals surface area contributed by atoms with Gasteiger partial charge in [-0.3, -0.25) is 4.79 Å². The summed E-state index contributed by atoms with van der Waals surface area (Å²) < 4.78 is 64.4. The Balaban J connectivity index is 2.37. The summed E-state index contributed by atoms with van der Waals surface area (Å²) in [4.78, 5) is 12.1. The fourth-order valence-electron chi connectivity index (χ4n) is 2.02. The zero-order valence-electron chi connectivity index (χ0n) is 14.7. The molecule has 1 aromatic rings. The van der Waals surface area contributed by atoms with Crippen molar-refractivity contribution in [3.8, 4) is 11.5 Å². The number of halogens is 3. The topological polar surface area (TPSA) is 61.8 Å². The van der Waals surface area contributed by atoms with Gasteiger partial charge in [-0.25, -0.2) is 4.21 Å². The van der Waals surface area contributed by atoms with Crippen molar-refractivity contribution in [1.82, 2.24) is 0 Å². The highest BCUT2D eigenvalue weighted by molar-refractivity contribution is 7.81. The first-order valence-electron chi connectivity index (χ1n) is 7.77. The number of fused-ring (bicyclic) bond motifs is 1. The Morgan fingerprint density at radius 1 is 1.23 bits per heavy atom. The van der Waals surface area contributed by atoms with E-state index in [0.717, 1.165) is 0 Å². The van der Waals surface area contributed by atoms with Gasteiger partial charge < -0.3 is 13.7 Å². The van der Waals surface area contributed by atoms with Gasteiger partial charge >= 0.3 is 22.6 Å². The maximum Gasteiger partial charge on any atom is 0.508 e. The molecule has 1 aromatic carbocycles. The second-order valence-corrected chi connectivity index (χ2v) is 7.82. The van der Waals surface area contributed by atoms with E-state index in [2.05, 4.69) is 4.18 Å². The van der Waals surface area contributed by atoms with Crippen molar-refractivity contribution in [2.24, 2.45) is 5.41 Å².